The Labute approximate surface area is 219 Å². The van der Waals surface area contributed by atoms with E-state index in [1.54, 1.807) is 6.08 Å². The molecule has 37 heavy (non-hydrogen) atoms. The molecule has 208 valence electrons. The second kappa shape index (κ2) is 9.00. The molecule has 0 amide bonds. The monoisotopic (exact) mass is 520 g/mol. The fraction of sp³-hybridized carbons (Fsp3) is 0.897. The maximum absolute atomic E-state index is 12.4. The third kappa shape index (κ3) is 3.88. The number of fused-ring (bicyclic) bond motifs is 5. The lowest BCUT2D eigenvalue weighted by molar-refractivity contribution is -0.299. The zero-order valence-electron chi connectivity index (χ0n) is 22.3. The SMILES string of the molecule is CC1CC(O)C(O)C(OC2CC3CCC4C(CCC5(C)C(C6=CC(=O)OC6)CCC45O)C3(C)CC2O)O1. The van der Waals surface area contributed by atoms with Gasteiger partial charge in [0.15, 0.2) is 6.29 Å². The highest BCUT2D eigenvalue weighted by molar-refractivity contribution is 5.85. The van der Waals surface area contributed by atoms with Gasteiger partial charge in [-0.2, -0.15) is 0 Å². The average molecular weight is 521 g/mol. The van der Waals surface area contributed by atoms with Gasteiger partial charge in [0, 0.05) is 17.9 Å². The number of rotatable bonds is 3. The van der Waals surface area contributed by atoms with Crippen molar-refractivity contribution in [2.75, 3.05) is 6.61 Å². The molecule has 4 N–H and O–H groups in total. The van der Waals surface area contributed by atoms with Gasteiger partial charge in [-0.25, -0.2) is 4.79 Å². The van der Waals surface area contributed by atoms with Crippen LogP contribution in [-0.2, 0) is 19.0 Å². The van der Waals surface area contributed by atoms with E-state index in [0.717, 1.165) is 44.1 Å². The van der Waals surface area contributed by atoms with E-state index >= 15 is 0 Å². The van der Waals surface area contributed by atoms with E-state index in [-0.39, 0.29) is 34.7 Å². The Balaban J connectivity index is 1.20. The zero-order valence-corrected chi connectivity index (χ0v) is 22.3. The standard InChI is InChI=1S/C29H44O8/c1-15-10-21(30)25(33)26(36-15)37-23-12-17-4-5-20-19(27(17,2)13-22(23)31)6-8-28(3)18(7-9-29(20,28)34)16-11-24(32)35-14-16/h11,15,17-23,25-26,30-31,33-34H,4-10,12-14H2,1-3H3. The predicted octanol–water partition coefficient (Wildman–Crippen LogP) is 2.46. The van der Waals surface area contributed by atoms with Crippen LogP contribution in [0.15, 0.2) is 11.6 Å². The number of hydrogen-bond donors (Lipinski definition) is 4. The second-order valence-electron chi connectivity index (χ2n) is 13.6. The van der Waals surface area contributed by atoms with Gasteiger partial charge < -0.3 is 34.6 Å². The Morgan fingerprint density at radius 2 is 1.78 bits per heavy atom. The molecule has 0 radical (unpaired) electrons. The van der Waals surface area contributed by atoms with Crippen LogP contribution in [0.5, 0.6) is 0 Å². The minimum absolute atomic E-state index is 0.109. The van der Waals surface area contributed by atoms with Gasteiger partial charge in [-0.3, -0.25) is 0 Å². The predicted molar refractivity (Wildman–Crippen MR) is 133 cm³/mol. The number of ether oxygens (including phenoxy) is 3. The Kier molecular flexibility index (Phi) is 6.37. The summed E-state index contributed by atoms with van der Waals surface area (Å²) in [6.07, 6.45) is 4.39. The van der Waals surface area contributed by atoms with Crippen molar-refractivity contribution in [1.82, 2.24) is 0 Å². The van der Waals surface area contributed by atoms with E-state index in [2.05, 4.69) is 13.8 Å². The number of carbonyl (C=O) groups is 1. The van der Waals surface area contributed by atoms with Gasteiger partial charge in [0.05, 0.1) is 30.0 Å². The normalized spacial score (nSPS) is 55.6. The highest BCUT2D eigenvalue weighted by Crippen LogP contribution is 2.70. The summed E-state index contributed by atoms with van der Waals surface area (Å²) in [6, 6.07) is 0. The van der Waals surface area contributed by atoms with Gasteiger partial charge in [0.25, 0.3) is 0 Å². The van der Waals surface area contributed by atoms with Crippen molar-refractivity contribution >= 4 is 5.97 Å². The molecule has 4 saturated carbocycles. The van der Waals surface area contributed by atoms with E-state index in [9.17, 15) is 25.2 Å². The molecule has 8 nitrogen and oxygen atoms in total. The Morgan fingerprint density at radius 3 is 2.51 bits per heavy atom. The quantitative estimate of drug-likeness (QED) is 0.330. The number of aliphatic hydroxyl groups is 4. The fourth-order valence-electron chi connectivity index (χ4n) is 9.87. The summed E-state index contributed by atoms with van der Waals surface area (Å²) in [4.78, 5) is 11.8. The summed E-state index contributed by atoms with van der Waals surface area (Å²) in [5, 5.41) is 44.2. The molecule has 5 fully saturated rings. The summed E-state index contributed by atoms with van der Waals surface area (Å²) in [5.74, 6) is 0.732. The molecule has 0 aromatic rings. The van der Waals surface area contributed by atoms with Crippen molar-refractivity contribution < 1.29 is 39.4 Å². The van der Waals surface area contributed by atoms with E-state index < -0.39 is 36.3 Å². The molecule has 6 aliphatic rings. The van der Waals surface area contributed by atoms with Gasteiger partial charge in [-0.1, -0.05) is 13.8 Å². The van der Waals surface area contributed by atoms with Crippen LogP contribution in [0.4, 0.5) is 0 Å². The first-order valence-electron chi connectivity index (χ1n) is 14.4. The molecule has 2 heterocycles. The first-order valence-corrected chi connectivity index (χ1v) is 14.4. The highest BCUT2D eigenvalue weighted by atomic mass is 16.7. The van der Waals surface area contributed by atoms with Gasteiger partial charge in [0.1, 0.15) is 12.7 Å². The molecule has 0 bridgehead atoms. The second-order valence-corrected chi connectivity index (χ2v) is 13.6. The van der Waals surface area contributed by atoms with Crippen LogP contribution in [0.2, 0.25) is 0 Å². The van der Waals surface area contributed by atoms with Gasteiger partial charge in [0.2, 0.25) is 0 Å². The zero-order chi connectivity index (χ0) is 26.3. The van der Waals surface area contributed by atoms with Crippen molar-refractivity contribution in [2.24, 2.45) is 34.5 Å². The average Bonchev–Trinajstić information content (AvgIpc) is 3.37. The highest BCUT2D eigenvalue weighted by Gasteiger charge is 2.68. The number of cyclic esters (lactones) is 1. The number of carbonyl (C=O) groups excluding carboxylic acids is 1. The number of hydrogen-bond acceptors (Lipinski definition) is 8. The summed E-state index contributed by atoms with van der Waals surface area (Å²) in [6.45, 7) is 6.73. The molecule has 0 aromatic carbocycles. The Hall–Kier alpha value is -1.03. The molecule has 6 rings (SSSR count). The van der Waals surface area contributed by atoms with Crippen LogP contribution < -0.4 is 0 Å². The summed E-state index contributed by atoms with van der Waals surface area (Å²) in [5.41, 5.74) is -0.128. The molecule has 13 atom stereocenters. The lowest BCUT2D eigenvalue weighted by atomic mass is 9.43. The van der Waals surface area contributed by atoms with Crippen LogP contribution in [0.1, 0.15) is 78.6 Å². The topological polar surface area (TPSA) is 126 Å². The molecular formula is C29H44O8. The maximum Gasteiger partial charge on any atom is 0.331 e. The molecule has 0 spiro atoms. The maximum atomic E-state index is 12.4. The molecular weight excluding hydrogens is 476 g/mol. The van der Waals surface area contributed by atoms with Crippen molar-refractivity contribution in [3.05, 3.63) is 11.6 Å². The first-order chi connectivity index (χ1) is 17.5. The largest absolute Gasteiger partial charge is 0.458 e. The summed E-state index contributed by atoms with van der Waals surface area (Å²) >= 11 is 0. The minimum Gasteiger partial charge on any atom is -0.458 e. The fourth-order valence-corrected chi connectivity index (χ4v) is 9.87. The molecule has 0 aromatic heterocycles. The van der Waals surface area contributed by atoms with Crippen LogP contribution in [-0.4, -0.2) is 75.4 Å². The van der Waals surface area contributed by atoms with Crippen molar-refractivity contribution in [3.63, 3.8) is 0 Å². The lowest BCUT2D eigenvalue weighted by Crippen LogP contribution is -2.63. The van der Waals surface area contributed by atoms with Crippen LogP contribution in [0.25, 0.3) is 0 Å². The van der Waals surface area contributed by atoms with Gasteiger partial charge >= 0.3 is 5.97 Å². The van der Waals surface area contributed by atoms with Gasteiger partial charge in [-0.15, -0.1) is 0 Å². The van der Waals surface area contributed by atoms with Crippen molar-refractivity contribution in [1.29, 1.82) is 0 Å². The third-order valence-electron chi connectivity index (χ3n) is 11.9. The van der Waals surface area contributed by atoms with E-state index in [4.69, 9.17) is 14.2 Å². The lowest BCUT2D eigenvalue weighted by Gasteiger charge is -2.64. The summed E-state index contributed by atoms with van der Waals surface area (Å²) in [7, 11) is 0. The number of esters is 1. The van der Waals surface area contributed by atoms with Crippen molar-refractivity contribution in [2.45, 2.75) is 121 Å². The first kappa shape index (κ1) is 26.2. The summed E-state index contributed by atoms with van der Waals surface area (Å²) < 4.78 is 17.2. The third-order valence-corrected chi connectivity index (χ3v) is 11.9. The molecule has 4 aliphatic carbocycles. The molecule has 1 saturated heterocycles. The molecule has 13 unspecified atom stereocenters. The Bertz CT molecular complexity index is 952. The minimum atomic E-state index is -1.12. The smallest absolute Gasteiger partial charge is 0.331 e. The Morgan fingerprint density at radius 1 is 1.00 bits per heavy atom. The van der Waals surface area contributed by atoms with Gasteiger partial charge in [-0.05, 0) is 93.0 Å². The van der Waals surface area contributed by atoms with Crippen LogP contribution >= 0.6 is 0 Å². The molecule has 2 aliphatic heterocycles. The van der Waals surface area contributed by atoms with E-state index in [1.807, 2.05) is 6.92 Å². The van der Waals surface area contributed by atoms with E-state index in [1.165, 1.54) is 0 Å². The van der Waals surface area contributed by atoms with Crippen LogP contribution in [0, 0.1) is 34.5 Å². The van der Waals surface area contributed by atoms with Crippen molar-refractivity contribution in [3.8, 4) is 0 Å². The number of aliphatic hydroxyl groups excluding tert-OH is 3. The van der Waals surface area contributed by atoms with E-state index in [0.29, 0.717) is 37.7 Å². The van der Waals surface area contributed by atoms with Crippen LogP contribution in [0.3, 0.4) is 0 Å². The molecule has 8 heteroatoms.